The first-order valence-electron chi connectivity index (χ1n) is 9.26. The highest BCUT2D eigenvalue weighted by Gasteiger charge is 2.20. The zero-order valence-electron chi connectivity index (χ0n) is 16.2. The SMILES string of the molecule is CCOc1ccccc1CCC(=O)OCC(=O)N(c1ccccc1)C(C)C. The van der Waals surface area contributed by atoms with Gasteiger partial charge < -0.3 is 14.4 Å². The average Bonchev–Trinajstić information content (AvgIpc) is 2.66. The molecule has 2 aromatic rings. The predicted molar refractivity (Wildman–Crippen MR) is 106 cm³/mol. The van der Waals surface area contributed by atoms with Crippen molar-refractivity contribution in [3.05, 3.63) is 60.2 Å². The molecule has 0 aliphatic rings. The maximum atomic E-state index is 12.5. The van der Waals surface area contributed by atoms with E-state index in [4.69, 9.17) is 9.47 Å². The molecule has 1 amide bonds. The number of hydrogen-bond acceptors (Lipinski definition) is 4. The van der Waals surface area contributed by atoms with Crippen LogP contribution in [0.1, 0.15) is 32.8 Å². The first-order valence-corrected chi connectivity index (χ1v) is 9.26. The molecule has 0 saturated heterocycles. The van der Waals surface area contributed by atoms with Gasteiger partial charge in [-0.15, -0.1) is 0 Å². The summed E-state index contributed by atoms with van der Waals surface area (Å²) in [4.78, 5) is 26.3. The Bertz CT molecular complexity index is 743. The predicted octanol–water partition coefficient (Wildman–Crippen LogP) is 4.00. The highest BCUT2D eigenvalue weighted by Crippen LogP contribution is 2.20. The molecular formula is C22H27NO4. The van der Waals surface area contributed by atoms with Crippen molar-refractivity contribution in [3.63, 3.8) is 0 Å². The van der Waals surface area contributed by atoms with Crippen LogP contribution in [0.5, 0.6) is 5.75 Å². The van der Waals surface area contributed by atoms with E-state index in [0.717, 1.165) is 17.0 Å². The fourth-order valence-corrected chi connectivity index (χ4v) is 2.85. The van der Waals surface area contributed by atoms with Crippen molar-refractivity contribution >= 4 is 17.6 Å². The largest absolute Gasteiger partial charge is 0.494 e. The minimum atomic E-state index is -0.397. The number of amides is 1. The van der Waals surface area contributed by atoms with Gasteiger partial charge in [0.1, 0.15) is 5.75 Å². The summed E-state index contributed by atoms with van der Waals surface area (Å²) in [5.41, 5.74) is 1.75. The van der Waals surface area contributed by atoms with Crippen LogP contribution < -0.4 is 9.64 Å². The summed E-state index contributed by atoms with van der Waals surface area (Å²) in [5, 5.41) is 0. The van der Waals surface area contributed by atoms with E-state index in [1.54, 1.807) is 4.90 Å². The Labute approximate surface area is 160 Å². The number of carbonyl (C=O) groups excluding carboxylic acids is 2. The van der Waals surface area contributed by atoms with Crippen LogP contribution in [0.3, 0.4) is 0 Å². The second-order valence-corrected chi connectivity index (χ2v) is 6.39. The number of para-hydroxylation sites is 2. The van der Waals surface area contributed by atoms with E-state index >= 15 is 0 Å². The van der Waals surface area contributed by atoms with Crippen molar-refractivity contribution in [3.8, 4) is 5.75 Å². The molecule has 144 valence electrons. The van der Waals surface area contributed by atoms with E-state index < -0.39 is 5.97 Å². The topological polar surface area (TPSA) is 55.8 Å². The zero-order valence-corrected chi connectivity index (χ0v) is 16.2. The monoisotopic (exact) mass is 369 g/mol. The standard InChI is InChI=1S/C22H27NO4/c1-4-26-20-13-9-8-10-18(20)14-15-22(25)27-16-21(24)23(17(2)3)19-11-6-5-7-12-19/h5-13,17H,4,14-16H2,1-3H3. The minimum Gasteiger partial charge on any atom is -0.494 e. The van der Waals surface area contributed by atoms with E-state index in [2.05, 4.69) is 0 Å². The third-order valence-corrected chi connectivity index (χ3v) is 4.05. The summed E-state index contributed by atoms with van der Waals surface area (Å²) in [7, 11) is 0. The highest BCUT2D eigenvalue weighted by atomic mass is 16.5. The van der Waals surface area contributed by atoms with Gasteiger partial charge in [0.15, 0.2) is 6.61 Å². The van der Waals surface area contributed by atoms with Gasteiger partial charge in [-0.2, -0.15) is 0 Å². The molecule has 2 rings (SSSR count). The van der Waals surface area contributed by atoms with Crippen molar-refractivity contribution in [2.45, 2.75) is 39.7 Å². The Balaban J connectivity index is 1.88. The number of esters is 1. The lowest BCUT2D eigenvalue weighted by Crippen LogP contribution is -2.39. The molecule has 5 heteroatoms. The molecule has 0 N–H and O–H groups in total. The average molecular weight is 369 g/mol. The number of rotatable bonds is 9. The summed E-state index contributed by atoms with van der Waals surface area (Å²) < 4.78 is 10.8. The molecule has 0 fully saturated rings. The normalized spacial score (nSPS) is 10.5. The first kappa shape index (κ1) is 20.5. The van der Waals surface area contributed by atoms with Crippen molar-refractivity contribution < 1.29 is 19.1 Å². The number of benzene rings is 2. The quantitative estimate of drug-likeness (QED) is 0.627. The van der Waals surface area contributed by atoms with Crippen LogP contribution in [0.25, 0.3) is 0 Å². The lowest BCUT2D eigenvalue weighted by Gasteiger charge is -2.26. The van der Waals surface area contributed by atoms with E-state index in [-0.39, 0.29) is 25.0 Å². The summed E-state index contributed by atoms with van der Waals surface area (Å²) in [6.07, 6.45) is 0.708. The Hall–Kier alpha value is -2.82. The molecule has 2 aromatic carbocycles. The van der Waals surface area contributed by atoms with Crippen molar-refractivity contribution in [2.75, 3.05) is 18.1 Å². The molecule has 0 spiro atoms. The van der Waals surface area contributed by atoms with Gasteiger partial charge in [-0.3, -0.25) is 9.59 Å². The molecule has 0 bridgehead atoms. The summed E-state index contributed by atoms with van der Waals surface area (Å²) in [6, 6.07) is 17.0. The number of carbonyl (C=O) groups is 2. The molecular weight excluding hydrogens is 342 g/mol. The van der Waals surface area contributed by atoms with Gasteiger partial charge in [-0.25, -0.2) is 0 Å². The van der Waals surface area contributed by atoms with Crippen LogP contribution in [0.2, 0.25) is 0 Å². The highest BCUT2D eigenvalue weighted by molar-refractivity contribution is 5.95. The van der Waals surface area contributed by atoms with Crippen molar-refractivity contribution in [1.82, 2.24) is 0 Å². The van der Waals surface area contributed by atoms with Crippen molar-refractivity contribution in [1.29, 1.82) is 0 Å². The van der Waals surface area contributed by atoms with Gasteiger partial charge in [-0.1, -0.05) is 36.4 Å². The number of nitrogens with zero attached hydrogens (tertiary/aromatic N) is 1. The lowest BCUT2D eigenvalue weighted by atomic mass is 10.1. The third-order valence-electron chi connectivity index (χ3n) is 4.05. The Morgan fingerprint density at radius 2 is 1.67 bits per heavy atom. The molecule has 0 aliphatic heterocycles. The number of ether oxygens (including phenoxy) is 2. The Morgan fingerprint density at radius 3 is 2.33 bits per heavy atom. The van der Waals surface area contributed by atoms with Crippen LogP contribution in [-0.2, 0) is 20.7 Å². The maximum absolute atomic E-state index is 12.5. The minimum absolute atomic E-state index is 0.0309. The second-order valence-electron chi connectivity index (χ2n) is 6.39. The van der Waals surface area contributed by atoms with Gasteiger partial charge in [-0.05, 0) is 51.0 Å². The first-order chi connectivity index (χ1) is 13.0. The molecule has 0 unspecified atom stereocenters. The van der Waals surface area contributed by atoms with Gasteiger partial charge in [0.25, 0.3) is 5.91 Å². The summed E-state index contributed by atoms with van der Waals surface area (Å²) in [6.45, 7) is 6.08. The number of hydrogen-bond donors (Lipinski definition) is 0. The van der Waals surface area contributed by atoms with Gasteiger partial charge in [0.2, 0.25) is 0 Å². The van der Waals surface area contributed by atoms with Crippen LogP contribution in [0, 0.1) is 0 Å². The van der Waals surface area contributed by atoms with Gasteiger partial charge >= 0.3 is 5.97 Å². The smallest absolute Gasteiger partial charge is 0.306 e. The van der Waals surface area contributed by atoms with E-state index in [1.165, 1.54) is 0 Å². The molecule has 0 saturated carbocycles. The van der Waals surface area contributed by atoms with Crippen LogP contribution in [0.4, 0.5) is 5.69 Å². The molecule has 27 heavy (non-hydrogen) atoms. The van der Waals surface area contributed by atoms with Crippen LogP contribution >= 0.6 is 0 Å². The molecule has 0 heterocycles. The summed E-state index contributed by atoms with van der Waals surface area (Å²) >= 11 is 0. The zero-order chi connectivity index (χ0) is 19.6. The number of aryl methyl sites for hydroxylation is 1. The Morgan fingerprint density at radius 1 is 1.00 bits per heavy atom. The molecule has 0 radical (unpaired) electrons. The third kappa shape index (κ3) is 6.13. The lowest BCUT2D eigenvalue weighted by molar-refractivity contribution is -0.147. The van der Waals surface area contributed by atoms with E-state index in [1.807, 2.05) is 75.4 Å². The second kappa shape index (κ2) is 10.4. The van der Waals surface area contributed by atoms with Gasteiger partial charge in [0, 0.05) is 18.2 Å². The molecule has 5 nitrogen and oxygen atoms in total. The maximum Gasteiger partial charge on any atom is 0.306 e. The van der Waals surface area contributed by atoms with Crippen LogP contribution in [0.15, 0.2) is 54.6 Å². The molecule has 0 aliphatic carbocycles. The summed E-state index contributed by atoms with van der Waals surface area (Å²) in [5.74, 6) is 0.143. The Kier molecular flexibility index (Phi) is 7.86. The van der Waals surface area contributed by atoms with Crippen molar-refractivity contribution in [2.24, 2.45) is 0 Å². The van der Waals surface area contributed by atoms with Crippen LogP contribution in [-0.4, -0.2) is 31.1 Å². The molecule has 0 aromatic heterocycles. The molecule has 0 atom stereocenters. The van der Waals surface area contributed by atoms with Gasteiger partial charge in [0.05, 0.1) is 6.61 Å². The van der Waals surface area contributed by atoms with E-state index in [9.17, 15) is 9.59 Å². The fourth-order valence-electron chi connectivity index (χ4n) is 2.85. The van der Waals surface area contributed by atoms with E-state index in [0.29, 0.717) is 13.0 Å². The number of anilines is 1. The fraction of sp³-hybridized carbons (Fsp3) is 0.364.